The van der Waals surface area contributed by atoms with Crippen molar-refractivity contribution >= 4 is 10.9 Å². The largest absolute Gasteiger partial charge is 0.395 e. The van der Waals surface area contributed by atoms with Crippen LogP contribution in [0.5, 0.6) is 0 Å². The Labute approximate surface area is 104 Å². The third-order valence-electron chi connectivity index (χ3n) is 3.01. The number of fused-ring (bicyclic) bond motifs is 1. The van der Waals surface area contributed by atoms with Gasteiger partial charge in [0.1, 0.15) is 11.6 Å². The van der Waals surface area contributed by atoms with Crippen LogP contribution in [0.25, 0.3) is 10.9 Å². The summed E-state index contributed by atoms with van der Waals surface area (Å²) in [7, 11) is 1.89. The van der Waals surface area contributed by atoms with Crippen molar-refractivity contribution in [3.63, 3.8) is 0 Å². The molecule has 98 valence electrons. The number of halogens is 2. The van der Waals surface area contributed by atoms with E-state index in [4.69, 9.17) is 5.11 Å². The van der Waals surface area contributed by atoms with Crippen LogP contribution in [-0.2, 0) is 6.54 Å². The lowest BCUT2D eigenvalue weighted by atomic mass is 10.2. The number of rotatable bonds is 5. The summed E-state index contributed by atoms with van der Waals surface area (Å²) in [5, 5.41) is 9.22. The molecule has 0 aliphatic heterocycles. The summed E-state index contributed by atoms with van der Waals surface area (Å²) in [6.07, 6.45) is 1.75. The maximum Gasteiger partial charge on any atom is 0.135 e. The summed E-state index contributed by atoms with van der Waals surface area (Å²) >= 11 is 0. The molecular formula is C13H16F2N2O. The van der Waals surface area contributed by atoms with Gasteiger partial charge in [-0.15, -0.1) is 0 Å². The Bertz CT molecular complexity index is 539. The van der Waals surface area contributed by atoms with Crippen molar-refractivity contribution < 1.29 is 13.9 Å². The van der Waals surface area contributed by atoms with Crippen LogP contribution in [0.2, 0.25) is 0 Å². The summed E-state index contributed by atoms with van der Waals surface area (Å²) in [5.41, 5.74) is 0.560. The van der Waals surface area contributed by atoms with Crippen LogP contribution in [0.4, 0.5) is 8.78 Å². The van der Waals surface area contributed by atoms with Gasteiger partial charge in [-0.25, -0.2) is 8.78 Å². The first-order valence-electron chi connectivity index (χ1n) is 5.85. The van der Waals surface area contributed by atoms with Crippen molar-refractivity contribution in [2.45, 2.75) is 6.54 Å². The third-order valence-corrected chi connectivity index (χ3v) is 3.01. The lowest BCUT2D eigenvalue weighted by Crippen LogP contribution is -2.26. The van der Waals surface area contributed by atoms with Crippen molar-refractivity contribution in [3.05, 3.63) is 36.0 Å². The third kappa shape index (κ3) is 2.68. The monoisotopic (exact) mass is 254 g/mol. The fourth-order valence-electron chi connectivity index (χ4n) is 1.97. The fourth-order valence-corrected chi connectivity index (χ4v) is 1.97. The SMILES string of the molecule is CN(CCO)CCn1ccc2c(F)cc(F)cc21. The predicted octanol–water partition coefficient (Wildman–Crippen LogP) is 1.84. The number of benzene rings is 1. The van der Waals surface area contributed by atoms with Gasteiger partial charge in [0.25, 0.3) is 0 Å². The maximum absolute atomic E-state index is 13.5. The molecule has 2 aromatic rings. The quantitative estimate of drug-likeness (QED) is 0.882. The van der Waals surface area contributed by atoms with Crippen molar-refractivity contribution in [1.82, 2.24) is 9.47 Å². The van der Waals surface area contributed by atoms with Gasteiger partial charge >= 0.3 is 0 Å². The summed E-state index contributed by atoms with van der Waals surface area (Å²) in [6.45, 7) is 2.03. The lowest BCUT2D eigenvalue weighted by Gasteiger charge is -2.15. The van der Waals surface area contributed by atoms with Gasteiger partial charge in [0.05, 0.1) is 12.1 Å². The highest BCUT2D eigenvalue weighted by atomic mass is 19.1. The van der Waals surface area contributed by atoms with Crippen LogP contribution in [0, 0.1) is 11.6 Å². The summed E-state index contributed by atoms with van der Waals surface area (Å²) in [4.78, 5) is 1.96. The van der Waals surface area contributed by atoms with Gasteiger partial charge in [0, 0.05) is 37.3 Å². The zero-order valence-electron chi connectivity index (χ0n) is 10.2. The van der Waals surface area contributed by atoms with Crippen LogP contribution >= 0.6 is 0 Å². The molecule has 0 fully saturated rings. The number of likely N-dealkylation sites (N-methyl/N-ethyl adjacent to an activating group) is 1. The number of aromatic nitrogens is 1. The standard InChI is InChI=1S/C13H16F2N2O/c1-16(6-7-18)4-5-17-3-2-11-12(15)8-10(14)9-13(11)17/h2-3,8-9,18H,4-7H2,1H3. The molecule has 0 aliphatic rings. The van der Waals surface area contributed by atoms with E-state index in [-0.39, 0.29) is 6.61 Å². The van der Waals surface area contributed by atoms with Crippen LogP contribution in [-0.4, -0.2) is 41.3 Å². The molecule has 2 rings (SSSR count). The highest BCUT2D eigenvalue weighted by Crippen LogP contribution is 2.20. The summed E-state index contributed by atoms with van der Waals surface area (Å²) in [6, 6.07) is 3.88. The Morgan fingerprint density at radius 2 is 2.06 bits per heavy atom. The Morgan fingerprint density at radius 3 is 2.78 bits per heavy atom. The minimum absolute atomic E-state index is 0.103. The second-order valence-electron chi connectivity index (χ2n) is 4.36. The van der Waals surface area contributed by atoms with E-state index in [2.05, 4.69) is 0 Å². The molecule has 0 saturated heterocycles. The van der Waals surface area contributed by atoms with E-state index in [1.54, 1.807) is 12.3 Å². The zero-order chi connectivity index (χ0) is 13.1. The molecule has 0 bridgehead atoms. The van der Waals surface area contributed by atoms with Crippen molar-refractivity contribution in [3.8, 4) is 0 Å². The van der Waals surface area contributed by atoms with E-state index in [0.29, 0.717) is 30.5 Å². The Balaban J connectivity index is 2.19. The highest BCUT2D eigenvalue weighted by Gasteiger charge is 2.08. The molecule has 0 amide bonds. The van der Waals surface area contributed by atoms with E-state index in [1.165, 1.54) is 6.07 Å². The van der Waals surface area contributed by atoms with Crippen molar-refractivity contribution in [1.29, 1.82) is 0 Å². The molecule has 1 aromatic carbocycles. The molecule has 0 radical (unpaired) electrons. The van der Waals surface area contributed by atoms with E-state index in [0.717, 1.165) is 6.07 Å². The highest BCUT2D eigenvalue weighted by molar-refractivity contribution is 5.80. The predicted molar refractivity (Wildman–Crippen MR) is 66.4 cm³/mol. The van der Waals surface area contributed by atoms with Gasteiger partial charge in [-0.1, -0.05) is 0 Å². The van der Waals surface area contributed by atoms with Gasteiger partial charge < -0.3 is 14.6 Å². The Kier molecular flexibility index (Phi) is 3.93. The number of nitrogens with zero attached hydrogens (tertiary/aromatic N) is 2. The minimum Gasteiger partial charge on any atom is -0.395 e. The first kappa shape index (κ1) is 13.0. The van der Waals surface area contributed by atoms with Gasteiger partial charge in [-0.05, 0) is 19.2 Å². The normalized spacial score (nSPS) is 11.6. The van der Waals surface area contributed by atoms with Crippen LogP contribution < -0.4 is 0 Å². The number of aliphatic hydroxyl groups is 1. The average molecular weight is 254 g/mol. The molecule has 0 unspecified atom stereocenters. The van der Waals surface area contributed by atoms with Crippen molar-refractivity contribution in [2.75, 3.05) is 26.7 Å². The molecule has 0 atom stereocenters. The van der Waals surface area contributed by atoms with Gasteiger partial charge in [0.15, 0.2) is 0 Å². The zero-order valence-corrected chi connectivity index (χ0v) is 10.2. The molecule has 1 N–H and O–H groups in total. The summed E-state index contributed by atoms with van der Waals surface area (Å²) < 4.78 is 28.5. The van der Waals surface area contributed by atoms with Gasteiger partial charge in [0.2, 0.25) is 0 Å². The molecular weight excluding hydrogens is 238 g/mol. The lowest BCUT2D eigenvalue weighted by molar-refractivity contribution is 0.218. The molecule has 0 saturated carbocycles. The van der Waals surface area contributed by atoms with Gasteiger partial charge in [-0.3, -0.25) is 0 Å². The second kappa shape index (κ2) is 5.46. The van der Waals surface area contributed by atoms with E-state index < -0.39 is 11.6 Å². The molecule has 3 nitrogen and oxygen atoms in total. The van der Waals surface area contributed by atoms with E-state index >= 15 is 0 Å². The first-order valence-corrected chi connectivity index (χ1v) is 5.85. The smallest absolute Gasteiger partial charge is 0.135 e. The summed E-state index contributed by atoms with van der Waals surface area (Å²) in [5.74, 6) is -1.10. The molecule has 1 aromatic heterocycles. The first-order chi connectivity index (χ1) is 8.61. The van der Waals surface area contributed by atoms with Crippen LogP contribution in [0.3, 0.4) is 0 Å². The molecule has 0 aliphatic carbocycles. The molecule has 1 heterocycles. The Hall–Kier alpha value is -1.46. The van der Waals surface area contributed by atoms with Gasteiger partial charge in [-0.2, -0.15) is 0 Å². The second-order valence-corrected chi connectivity index (χ2v) is 4.36. The van der Waals surface area contributed by atoms with Crippen LogP contribution in [0.15, 0.2) is 24.4 Å². The fraction of sp³-hybridized carbons (Fsp3) is 0.385. The topological polar surface area (TPSA) is 28.4 Å². The number of aliphatic hydroxyl groups excluding tert-OH is 1. The Morgan fingerprint density at radius 1 is 1.28 bits per heavy atom. The minimum atomic E-state index is -0.566. The molecule has 5 heteroatoms. The van der Waals surface area contributed by atoms with Crippen molar-refractivity contribution in [2.24, 2.45) is 0 Å². The van der Waals surface area contributed by atoms with Crippen LogP contribution in [0.1, 0.15) is 0 Å². The molecule has 18 heavy (non-hydrogen) atoms. The molecule has 0 spiro atoms. The maximum atomic E-state index is 13.5. The number of hydrogen-bond donors (Lipinski definition) is 1. The van der Waals surface area contributed by atoms with E-state index in [1.807, 2.05) is 16.5 Å². The average Bonchev–Trinajstić information content (AvgIpc) is 2.70. The van der Waals surface area contributed by atoms with E-state index in [9.17, 15) is 8.78 Å². The number of hydrogen-bond acceptors (Lipinski definition) is 2.